The maximum absolute atomic E-state index is 10.1. The largest absolute Gasteiger partial charge is 0.480 e. The number of aromatic nitrogens is 1. The quantitative estimate of drug-likeness (QED) is 0.743. The molecule has 0 radical (unpaired) electrons. The van der Waals surface area contributed by atoms with Gasteiger partial charge in [-0.15, -0.1) is 12.4 Å². The minimum atomic E-state index is -0.873. The van der Waals surface area contributed by atoms with Crippen molar-refractivity contribution < 1.29 is 9.90 Å². The molecule has 0 saturated heterocycles. The molecule has 0 saturated carbocycles. The molecule has 0 aliphatic carbocycles. The summed E-state index contributed by atoms with van der Waals surface area (Å²) < 4.78 is 0. The molecule has 1 rings (SSSR count). The lowest BCUT2D eigenvalue weighted by atomic mass is 10.4. The number of rotatable bonds is 3. The molecule has 1 aromatic rings. The van der Waals surface area contributed by atoms with E-state index >= 15 is 0 Å². The van der Waals surface area contributed by atoms with E-state index in [1.54, 1.807) is 24.5 Å². The average Bonchev–Trinajstić information content (AvgIpc) is 2.03. The summed E-state index contributed by atoms with van der Waals surface area (Å²) >= 11 is 0. The first-order chi connectivity index (χ1) is 5.29. The van der Waals surface area contributed by atoms with Gasteiger partial charge in [0, 0.05) is 18.1 Å². The van der Waals surface area contributed by atoms with Gasteiger partial charge in [-0.3, -0.25) is 9.78 Å². The summed E-state index contributed by atoms with van der Waals surface area (Å²) in [6.45, 7) is -0.0655. The summed E-state index contributed by atoms with van der Waals surface area (Å²) in [5, 5.41) is 11.0. The van der Waals surface area contributed by atoms with Crippen LogP contribution in [0.15, 0.2) is 24.5 Å². The van der Waals surface area contributed by atoms with Crippen LogP contribution in [0, 0.1) is 0 Å². The van der Waals surface area contributed by atoms with E-state index in [1.807, 2.05) is 0 Å². The molecular formula is C7H9ClN2O2. The van der Waals surface area contributed by atoms with Crippen molar-refractivity contribution in [3.8, 4) is 0 Å². The van der Waals surface area contributed by atoms with Crippen LogP contribution in [0.3, 0.4) is 0 Å². The first-order valence-electron chi connectivity index (χ1n) is 3.15. The van der Waals surface area contributed by atoms with Crippen molar-refractivity contribution in [1.29, 1.82) is 0 Å². The van der Waals surface area contributed by atoms with Crippen molar-refractivity contribution in [1.82, 2.24) is 4.98 Å². The van der Waals surface area contributed by atoms with Gasteiger partial charge in [0.2, 0.25) is 0 Å². The lowest BCUT2D eigenvalue weighted by Gasteiger charge is -2.00. The van der Waals surface area contributed by atoms with Crippen LogP contribution in [0.25, 0.3) is 0 Å². The third-order valence-electron chi connectivity index (χ3n) is 1.12. The topological polar surface area (TPSA) is 62.2 Å². The molecular weight excluding hydrogens is 180 g/mol. The molecule has 0 amide bonds. The van der Waals surface area contributed by atoms with Crippen LogP contribution in [-0.4, -0.2) is 22.6 Å². The Morgan fingerprint density at radius 3 is 2.58 bits per heavy atom. The molecule has 1 heterocycles. The van der Waals surface area contributed by atoms with E-state index in [0.717, 1.165) is 5.69 Å². The number of halogens is 1. The van der Waals surface area contributed by atoms with Crippen molar-refractivity contribution in [3.05, 3.63) is 24.5 Å². The summed E-state index contributed by atoms with van der Waals surface area (Å²) in [7, 11) is 0. The zero-order valence-electron chi connectivity index (χ0n) is 6.23. The van der Waals surface area contributed by atoms with Crippen LogP contribution >= 0.6 is 12.4 Å². The van der Waals surface area contributed by atoms with Gasteiger partial charge in [0.05, 0.1) is 0 Å². The number of pyridine rings is 1. The van der Waals surface area contributed by atoms with E-state index in [-0.39, 0.29) is 19.0 Å². The Labute approximate surface area is 76.0 Å². The Kier molecular flexibility index (Phi) is 4.79. The van der Waals surface area contributed by atoms with Crippen molar-refractivity contribution in [2.75, 3.05) is 11.9 Å². The number of aliphatic carboxylic acids is 1. The minimum Gasteiger partial charge on any atom is -0.480 e. The van der Waals surface area contributed by atoms with Crippen LogP contribution in [0.5, 0.6) is 0 Å². The Hall–Kier alpha value is -1.29. The molecule has 1 aromatic heterocycles. The van der Waals surface area contributed by atoms with E-state index in [2.05, 4.69) is 10.3 Å². The summed E-state index contributed by atoms with van der Waals surface area (Å²) in [6.07, 6.45) is 3.20. The van der Waals surface area contributed by atoms with Gasteiger partial charge in [0.15, 0.2) is 0 Å². The van der Waals surface area contributed by atoms with Gasteiger partial charge in [-0.2, -0.15) is 0 Å². The van der Waals surface area contributed by atoms with Gasteiger partial charge in [0.25, 0.3) is 0 Å². The van der Waals surface area contributed by atoms with Gasteiger partial charge < -0.3 is 10.4 Å². The molecule has 0 unspecified atom stereocenters. The predicted molar refractivity (Wildman–Crippen MR) is 47.6 cm³/mol. The number of nitrogens with one attached hydrogen (secondary N) is 1. The zero-order chi connectivity index (χ0) is 8.10. The fraction of sp³-hybridized carbons (Fsp3) is 0.143. The number of hydrogen-bond donors (Lipinski definition) is 2. The fourth-order valence-corrected chi connectivity index (χ4v) is 0.647. The van der Waals surface area contributed by atoms with Crippen molar-refractivity contribution in [2.24, 2.45) is 0 Å². The molecule has 0 spiro atoms. The first kappa shape index (κ1) is 10.7. The molecule has 66 valence electrons. The molecule has 0 fully saturated rings. The van der Waals surface area contributed by atoms with Crippen molar-refractivity contribution >= 4 is 24.1 Å². The second-order valence-electron chi connectivity index (χ2n) is 1.98. The SMILES string of the molecule is Cl.O=C(O)CNc1ccncc1. The molecule has 0 aromatic carbocycles. The number of carboxylic acids is 1. The lowest BCUT2D eigenvalue weighted by Crippen LogP contribution is -2.11. The molecule has 0 aliphatic rings. The Bertz CT molecular complexity index is 240. The number of hydrogen-bond acceptors (Lipinski definition) is 3. The van der Waals surface area contributed by atoms with Gasteiger partial charge >= 0.3 is 5.97 Å². The number of nitrogens with zero attached hydrogens (tertiary/aromatic N) is 1. The third-order valence-corrected chi connectivity index (χ3v) is 1.12. The molecule has 0 bridgehead atoms. The van der Waals surface area contributed by atoms with E-state index < -0.39 is 5.97 Å². The van der Waals surface area contributed by atoms with Gasteiger partial charge in [-0.1, -0.05) is 0 Å². The van der Waals surface area contributed by atoms with Crippen molar-refractivity contribution in [2.45, 2.75) is 0 Å². The number of carboxylic acid groups (broad SMARTS) is 1. The second-order valence-corrected chi connectivity index (χ2v) is 1.98. The molecule has 0 atom stereocenters. The van der Waals surface area contributed by atoms with Crippen LogP contribution in [0.4, 0.5) is 5.69 Å². The van der Waals surface area contributed by atoms with Crippen molar-refractivity contribution in [3.63, 3.8) is 0 Å². The Balaban J connectivity index is 0.00000121. The first-order valence-corrected chi connectivity index (χ1v) is 3.15. The molecule has 0 aliphatic heterocycles. The minimum absolute atomic E-state index is 0. The van der Waals surface area contributed by atoms with Crippen LogP contribution in [0.1, 0.15) is 0 Å². The van der Waals surface area contributed by atoms with E-state index in [9.17, 15) is 4.79 Å². The third kappa shape index (κ3) is 3.78. The molecule has 12 heavy (non-hydrogen) atoms. The van der Waals surface area contributed by atoms with E-state index in [1.165, 1.54) is 0 Å². The molecule has 4 nitrogen and oxygen atoms in total. The fourth-order valence-electron chi connectivity index (χ4n) is 0.647. The normalized spacial score (nSPS) is 8.33. The van der Waals surface area contributed by atoms with Crippen LogP contribution in [0.2, 0.25) is 0 Å². The lowest BCUT2D eigenvalue weighted by molar-refractivity contribution is -0.134. The standard InChI is InChI=1S/C7H8N2O2.ClH/c10-7(11)5-9-6-1-3-8-4-2-6;/h1-4H,5H2,(H,8,9)(H,10,11);1H. The Morgan fingerprint density at radius 2 is 2.08 bits per heavy atom. The maximum atomic E-state index is 10.1. The summed E-state index contributed by atoms with van der Waals surface area (Å²) in [6, 6.07) is 3.42. The van der Waals surface area contributed by atoms with Gasteiger partial charge in [-0.25, -0.2) is 0 Å². The average molecular weight is 189 g/mol. The Morgan fingerprint density at radius 1 is 1.50 bits per heavy atom. The second kappa shape index (κ2) is 5.37. The highest BCUT2D eigenvalue weighted by atomic mass is 35.5. The van der Waals surface area contributed by atoms with Crippen LogP contribution in [-0.2, 0) is 4.79 Å². The highest BCUT2D eigenvalue weighted by molar-refractivity contribution is 5.85. The zero-order valence-corrected chi connectivity index (χ0v) is 7.04. The number of anilines is 1. The number of carbonyl (C=O) groups is 1. The summed E-state index contributed by atoms with van der Waals surface area (Å²) in [5.41, 5.74) is 0.766. The van der Waals surface area contributed by atoms with Gasteiger partial charge in [-0.05, 0) is 12.1 Å². The smallest absolute Gasteiger partial charge is 0.322 e. The maximum Gasteiger partial charge on any atom is 0.322 e. The van der Waals surface area contributed by atoms with E-state index in [0.29, 0.717) is 0 Å². The molecule has 2 N–H and O–H groups in total. The monoisotopic (exact) mass is 188 g/mol. The summed E-state index contributed by atoms with van der Waals surface area (Å²) in [5.74, 6) is -0.873. The highest BCUT2D eigenvalue weighted by Crippen LogP contribution is 2.01. The highest BCUT2D eigenvalue weighted by Gasteiger charge is 1.94. The predicted octanol–water partition coefficient (Wildman–Crippen LogP) is 1.000. The van der Waals surface area contributed by atoms with Crippen LogP contribution < -0.4 is 5.32 Å². The van der Waals surface area contributed by atoms with E-state index in [4.69, 9.17) is 5.11 Å². The van der Waals surface area contributed by atoms with Gasteiger partial charge in [0.1, 0.15) is 6.54 Å². The molecule has 5 heteroatoms. The summed E-state index contributed by atoms with van der Waals surface area (Å²) in [4.78, 5) is 13.9.